The molecule has 0 spiro atoms. The number of benzene rings is 4. The van der Waals surface area contributed by atoms with Crippen LogP contribution in [0.1, 0.15) is 68.4 Å². The highest BCUT2D eigenvalue weighted by atomic mass is 32.2. The minimum Gasteiger partial charge on any atom is -0.477 e. The number of nitrogens with zero attached hydrogens (tertiary/aromatic N) is 2. The number of aliphatic carboxylic acids is 1. The van der Waals surface area contributed by atoms with Crippen LogP contribution in [0, 0.1) is 11.3 Å². The average Bonchev–Trinajstić information content (AvgIpc) is 3.16. The molecule has 0 heterocycles. The van der Waals surface area contributed by atoms with E-state index in [0.29, 0.717) is 34.3 Å². The number of para-hydroxylation sites is 1. The highest BCUT2D eigenvalue weighted by Crippen LogP contribution is 2.40. The van der Waals surface area contributed by atoms with Crippen molar-refractivity contribution in [1.29, 1.82) is 0 Å². The highest BCUT2D eigenvalue weighted by molar-refractivity contribution is 8.01. The number of carboxylic acid groups (broad SMARTS) is 1. The lowest BCUT2D eigenvalue weighted by molar-refractivity contribution is -0.163. The van der Waals surface area contributed by atoms with Crippen molar-refractivity contribution in [2.24, 2.45) is 11.3 Å². The van der Waals surface area contributed by atoms with Crippen LogP contribution in [-0.2, 0) is 21.0 Å². The van der Waals surface area contributed by atoms with E-state index in [1.54, 1.807) is 40.7 Å². The Kier molecular flexibility index (Phi) is 12.5. The largest absolute Gasteiger partial charge is 0.477 e. The summed E-state index contributed by atoms with van der Waals surface area (Å²) in [6.07, 6.45) is 5.38. The normalized spacial score (nSPS) is 15.6. The minimum absolute atomic E-state index is 0.0463. The Balaban J connectivity index is 1.40. The first-order valence-corrected chi connectivity index (χ1v) is 19.8. The molecule has 9 nitrogen and oxygen atoms in total. The van der Waals surface area contributed by atoms with Gasteiger partial charge in [0.25, 0.3) is 5.91 Å². The summed E-state index contributed by atoms with van der Waals surface area (Å²) in [6.45, 7) is 7.88. The second kappa shape index (κ2) is 16.9. The van der Waals surface area contributed by atoms with Gasteiger partial charge in [0.1, 0.15) is 0 Å². The van der Waals surface area contributed by atoms with Crippen molar-refractivity contribution in [1.82, 2.24) is 5.32 Å². The molecule has 2 unspecified atom stereocenters. The first-order chi connectivity index (χ1) is 26.0. The molecule has 0 saturated carbocycles. The molecule has 0 radical (unpaired) electrons. The van der Waals surface area contributed by atoms with E-state index in [0.717, 1.165) is 30.5 Å². The topological polar surface area (TPSA) is 119 Å². The van der Waals surface area contributed by atoms with Gasteiger partial charge in [-0.05, 0) is 115 Å². The van der Waals surface area contributed by atoms with Crippen molar-refractivity contribution in [3.63, 3.8) is 0 Å². The van der Waals surface area contributed by atoms with Gasteiger partial charge < -0.3 is 15.7 Å². The highest BCUT2D eigenvalue weighted by Gasteiger charge is 2.39. The second-order valence-electron chi connectivity index (χ2n) is 14.7. The monoisotopic (exact) mass is 770 g/mol. The summed E-state index contributed by atoms with van der Waals surface area (Å²) in [6, 6.07) is 29.5. The molecule has 0 aromatic heterocycles. The third kappa shape index (κ3) is 9.99. The Labute approximate surface area is 322 Å². The average molecular weight is 771 g/mol. The first-order valence-electron chi connectivity index (χ1n) is 18.2. The van der Waals surface area contributed by atoms with Crippen LogP contribution in [0.25, 0.3) is 5.57 Å². The fourth-order valence-electron chi connectivity index (χ4n) is 6.58. The molecule has 0 saturated heterocycles. The van der Waals surface area contributed by atoms with Crippen LogP contribution in [0.4, 0.5) is 30.6 Å². The number of hydrogen-bond acceptors (Lipinski definition) is 4. The van der Waals surface area contributed by atoms with Crippen molar-refractivity contribution in [3.05, 3.63) is 126 Å². The van der Waals surface area contributed by atoms with Gasteiger partial charge in [0.05, 0.1) is 27.7 Å². The van der Waals surface area contributed by atoms with Crippen molar-refractivity contribution in [2.75, 3.05) is 27.6 Å². The molecular formula is C43H48F2N4O5S. The van der Waals surface area contributed by atoms with E-state index in [1.807, 2.05) is 66.8 Å². The van der Waals surface area contributed by atoms with Gasteiger partial charge >= 0.3 is 17.9 Å². The van der Waals surface area contributed by atoms with E-state index in [9.17, 15) is 27.4 Å². The van der Waals surface area contributed by atoms with Gasteiger partial charge in [-0.1, -0.05) is 75.4 Å². The molecule has 0 bridgehead atoms. The predicted molar refractivity (Wildman–Crippen MR) is 217 cm³/mol. The Bertz CT molecular complexity index is 2130. The Morgan fingerprint density at radius 1 is 0.909 bits per heavy atom. The van der Waals surface area contributed by atoms with Gasteiger partial charge in [0.15, 0.2) is 0 Å². The summed E-state index contributed by atoms with van der Waals surface area (Å²) in [5, 5.41) is 13.6. The summed E-state index contributed by atoms with van der Waals surface area (Å²) in [5.74, 6) is -2.60. The molecule has 4 aromatic rings. The number of halogens is 2. The van der Waals surface area contributed by atoms with E-state index in [-0.39, 0.29) is 17.5 Å². The Morgan fingerprint density at radius 3 is 2.16 bits per heavy atom. The van der Waals surface area contributed by atoms with Crippen molar-refractivity contribution in [2.45, 2.75) is 64.3 Å². The molecule has 290 valence electrons. The molecule has 1 aliphatic rings. The standard InChI is InChI=1S/C43H48F2N4O5S/c1-6-49(37-12-8-7-9-13-37)55(5,54)38-14-10-11-35(27-38)47-41(53)48(28-30-15-17-33(18-16-30)39(50)46-29-43(44,45)40(51)52)36-25-21-32(22-26-36)31-19-23-34(24-20-31)42(2,3)4/h7-19,21-22,25-27,34H,5-6,20,23-24,28-29H2,1-4H3,(H,46,50)(H,47,53)(H,51,52). The maximum Gasteiger partial charge on any atom is 0.376 e. The maximum absolute atomic E-state index is 14.2. The van der Waals surface area contributed by atoms with E-state index < -0.39 is 40.1 Å². The maximum atomic E-state index is 14.2. The lowest BCUT2D eigenvalue weighted by atomic mass is 9.72. The predicted octanol–water partition coefficient (Wildman–Crippen LogP) is 9.12. The zero-order valence-corrected chi connectivity index (χ0v) is 32.4. The van der Waals surface area contributed by atoms with Crippen LogP contribution in [0.2, 0.25) is 0 Å². The number of carbonyl (C=O) groups is 3. The van der Waals surface area contributed by atoms with E-state index in [2.05, 4.69) is 38.0 Å². The minimum atomic E-state index is -4.11. The van der Waals surface area contributed by atoms with Crippen LogP contribution in [0.15, 0.2) is 114 Å². The Morgan fingerprint density at radius 2 is 1.58 bits per heavy atom. The molecule has 1 aliphatic carbocycles. The Hall–Kier alpha value is -5.49. The van der Waals surface area contributed by atoms with E-state index in [1.165, 1.54) is 22.6 Å². The SMILES string of the molecule is C=S(=O)(c1cccc(NC(=O)N(Cc2ccc(C(=O)NCC(F)(F)C(=O)O)cc2)c2ccc(C3=CCC(C(C)(C)C)CC3)cc2)c1)N(CC)c1ccccc1. The summed E-state index contributed by atoms with van der Waals surface area (Å²) in [7, 11) is -2.98. The number of carboxylic acids is 1. The summed E-state index contributed by atoms with van der Waals surface area (Å²) in [5.41, 5.74) is 5.03. The molecule has 3 amide bonds. The number of nitrogens with one attached hydrogen (secondary N) is 2. The molecule has 12 heteroatoms. The first kappa shape index (κ1) is 40.7. The zero-order chi connectivity index (χ0) is 40.0. The van der Waals surface area contributed by atoms with Crippen LogP contribution in [-0.4, -0.2) is 52.1 Å². The van der Waals surface area contributed by atoms with Crippen molar-refractivity contribution in [3.8, 4) is 0 Å². The molecule has 2 atom stereocenters. The molecule has 55 heavy (non-hydrogen) atoms. The molecule has 3 N–H and O–H groups in total. The number of urea groups is 1. The quantitative estimate of drug-likeness (QED) is 0.117. The molecular weight excluding hydrogens is 723 g/mol. The lowest BCUT2D eigenvalue weighted by Gasteiger charge is -2.33. The van der Waals surface area contributed by atoms with Crippen LogP contribution in [0.5, 0.6) is 0 Å². The van der Waals surface area contributed by atoms with Gasteiger partial charge in [-0.2, -0.15) is 8.78 Å². The number of rotatable bonds is 13. The number of anilines is 3. The van der Waals surface area contributed by atoms with Gasteiger partial charge in [-0.15, -0.1) is 0 Å². The third-order valence-corrected chi connectivity index (χ3v) is 12.1. The van der Waals surface area contributed by atoms with E-state index >= 15 is 0 Å². The smallest absolute Gasteiger partial charge is 0.376 e. The van der Waals surface area contributed by atoms with Gasteiger partial charge in [-0.25, -0.2) is 13.8 Å². The van der Waals surface area contributed by atoms with E-state index in [4.69, 9.17) is 5.11 Å². The van der Waals surface area contributed by atoms with Crippen molar-refractivity contribution >= 4 is 56.1 Å². The lowest BCUT2D eigenvalue weighted by Crippen LogP contribution is -2.42. The van der Waals surface area contributed by atoms with Crippen LogP contribution < -0.4 is 19.8 Å². The number of carbonyl (C=O) groups excluding carboxylic acids is 2. The summed E-state index contributed by atoms with van der Waals surface area (Å²) < 4.78 is 43.0. The molecule has 0 aliphatic heterocycles. The second-order valence-corrected chi connectivity index (χ2v) is 16.9. The molecule has 5 rings (SSSR count). The fourth-order valence-corrected chi connectivity index (χ4v) is 8.31. The number of alkyl halides is 2. The van der Waals surface area contributed by atoms with Crippen LogP contribution >= 0.6 is 0 Å². The van der Waals surface area contributed by atoms with Gasteiger partial charge in [0.2, 0.25) is 0 Å². The third-order valence-electron chi connectivity index (χ3n) is 9.91. The summed E-state index contributed by atoms with van der Waals surface area (Å²) in [4.78, 5) is 39.4. The van der Waals surface area contributed by atoms with Gasteiger partial charge in [-0.3, -0.25) is 14.0 Å². The number of amides is 3. The number of allylic oxidation sites excluding steroid dienone is 2. The molecule has 4 aromatic carbocycles. The summed E-state index contributed by atoms with van der Waals surface area (Å²) >= 11 is 0. The van der Waals surface area contributed by atoms with Gasteiger partial charge in [0, 0.05) is 29.2 Å². The van der Waals surface area contributed by atoms with Crippen LogP contribution in [0.3, 0.4) is 0 Å². The zero-order valence-electron chi connectivity index (χ0n) is 31.6. The number of hydrogen-bond donors (Lipinski definition) is 3. The fraction of sp³-hybridized carbons (Fsp3) is 0.302. The molecule has 0 fully saturated rings. The van der Waals surface area contributed by atoms with Crippen molar-refractivity contribution < 1.29 is 32.5 Å².